The number of morpholine rings is 1. The van der Waals surface area contributed by atoms with Crippen LogP contribution in [0.1, 0.15) is 260 Å². The van der Waals surface area contributed by atoms with Gasteiger partial charge in [-0.25, -0.2) is 19.2 Å². The number of ether oxygens (including phenoxy) is 3. The number of hydrogen-bond acceptors (Lipinski definition) is 20. The van der Waals surface area contributed by atoms with Gasteiger partial charge in [-0.3, -0.25) is 14.4 Å². The fourth-order valence-corrected chi connectivity index (χ4v) is 11.6. The zero-order chi connectivity index (χ0) is 82.1. The van der Waals surface area contributed by atoms with E-state index in [0.717, 1.165) is 117 Å². The Kier molecular flexibility index (Phi) is 46.0. The monoisotopic (exact) mass is 1560 g/mol. The number of likely N-dealkylation sites (tertiary alicyclic amines) is 4. The topological polar surface area (TPSA) is 403 Å². The van der Waals surface area contributed by atoms with Crippen molar-refractivity contribution in [2.45, 2.75) is 318 Å². The van der Waals surface area contributed by atoms with Crippen molar-refractivity contribution in [3.8, 4) is 24.3 Å². The lowest BCUT2D eigenvalue weighted by Gasteiger charge is -2.37. The van der Waals surface area contributed by atoms with Crippen LogP contribution >= 0.6 is 12.4 Å². The van der Waals surface area contributed by atoms with Crippen molar-refractivity contribution < 1.29 is 52.9 Å². The molecule has 5 aliphatic rings. The molecule has 0 aromatic rings. The van der Waals surface area contributed by atoms with E-state index in [1.54, 1.807) is 46.4 Å². The molecule has 29 heteroatoms. The third-order valence-corrected chi connectivity index (χ3v) is 21.9. The minimum Gasteiger partial charge on any atom is -0.480 e. The lowest BCUT2D eigenvalue weighted by molar-refractivity contribution is -0.140. The van der Waals surface area contributed by atoms with Crippen molar-refractivity contribution in [3.05, 3.63) is 0 Å². The van der Waals surface area contributed by atoms with Crippen molar-refractivity contribution in [3.63, 3.8) is 0 Å². The highest BCUT2D eigenvalue weighted by Crippen LogP contribution is 2.32. The summed E-state index contributed by atoms with van der Waals surface area (Å²) in [6.07, 6.45) is 13.3. The smallest absolute Gasteiger partial charge is 0.408 e. The van der Waals surface area contributed by atoms with Gasteiger partial charge in [0.2, 0.25) is 17.7 Å². The summed E-state index contributed by atoms with van der Waals surface area (Å²) in [5.74, 6) is -1.79. The molecule has 0 radical (unpaired) electrons. The van der Waals surface area contributed by atoms with Crippen LogP contribution in [0, 0.1) is 67.0 Å². The van der Waals surface area contributed by atoms with Crippen molar-refractivity contribution in [1.29, 1.82) is 21.0 Å². The summed E-state index contributed by atoms with van der Waals surface area (Å²) >= 11 is 0. The lowest BCUT2D eigenvalue weighted by Crippen LogP contribution is -2.60. The number of carboxylic acid groups (broad SMARTS) is 1. The van der Waals surface area contributed by atoms with E-state index >= 15 is 0 Å². The van der Waals surface area contributed by atoms with Gasteiger partial charge >= 0.3 is 24.2 Å². The van der Waals surface area contributed by atoms with Gasteiger partial charge in [-0.15, -0.1) is 12.4 Å². The van der Waals surface area contributed by atoms with Crippen LogP contribution in [0.4, 0.5) is 14.4 Å². The molecule has 0 saturated carbocycles. The molecule has 0 spiro atoms. The lowest BCUT2D eigenvalue weighted by atomic mass is 9.83. The second kappa shape index (κ2) is 47.9. The number of carboxylic acids is 1. The first-order valence-electron chi connectivity index (χ1n) is 39.1. The summed E-state index contributed by atoms with van der Waals surface area (Å²) in [5.41, 5.74) is 7.89. The number of halogens is 1. The van der Waals surface area contributed by atoms with Crippen LogP contribution in [0.25, 0.3) is 0 Å². The molecular weight excluding hydrogens is 1410 g/mol. The third kappa shape index (κ3) is 42.2. The van der Waals surface area contributed by atoms with Gasteiger partial charge in [-0.05, 0) is 194 Å². The van der Waals surface area contributed by atoms with Gasteiger partial charge in [0.15, 0.2) is 0 Å². The molecule has 0 bridgehead atoms. The van der Waals surface area contributed by atoms with Gasteiger partial charge < -0.3 is 87.2 Å². The molecule has 109 heavy (non-hydrogen) atoms. The molecular formula is C80H150ClN17O11. The van der Waals surface area contributed by atoms with E-state index in [-0.39, 0.29) is 65.2 Å². The van der Waals surface area contributed by atoms with E-state index in [1.165, 1.54) is 0 Å². The number of carbonyl (C=O) groups is 7. The molecule has 28 nitrogen and oxygen atoms in total. The summed E-state index contributed by atoms with van der Waals surface area (Å²) in [4.78, 5) is 96.4. The highest BCUT2D eigenvalue weighted by atomic mass is 35.5. The molecule has 0 unspecified atom stereocenters. The Hall–Kier alpha value is -6.34. The van der Waals surface area contributed by atoms with Crippen LogP contribution in [0.3, 0.4) is 0 Å². The van der Waals surface area contributed by atoms with Crippen LogP contribution < -0.4 is 43.4 Å². The van der Waals surface area contributed by atoms with Gasteiger partial charge in [-0.1, -0.05) is 116 Å². The number of nitrogens with two attached hydrogens (primary N) is 2. The van der Waals surface area contributed by atoms with Crippen molar-refractivity contribution >= 4 is 54.3 Å². The van der Waals surface area contributed by atoms with Gasteiger partial charge in [0.1, 0.15) is 51.5 Å². The number of urea groups is 1. The maximum Gasteiger partial charge on any atom is 0.408 e. The highest BCUT2D eigenvalue weighted by Gasteiger charge is 2.42. The van der Waals surface area contributed by atoms with Gasteiger partial charge in [0, 0.05) is 65.4 Å². The predicted molar refractivity (Wildman–Crippen MR) is 433 cm³/mol. The van der Waals surface area contributed by atoms with E-state index in [1.807, 2.05) is 21.1 Å². The fourth-order valence-electron chi connectivity index (χ4n) is 11.6. The first kappa shape index (κ1) is 105. The standard InChI is InChI=1S/C21H37N5O3.C21H38N4O3.C16H30N4O.C14H27NO4.C7H13N3.CH4.ClH/c1-5-20(2,3)7-6-17(23-19(28)26-12-14-29-15-13-26)18(27)24-21(16-22)8-10-25(4)11-9-21;1-8-20(5,6)10-9-16(23-18(27)28-19(2,3)4)17(26)24-21(15-22)11-13-25(7)14-12-21;1-5-15(2,3)7-6-13(18)14(21)19-16(12-17)8-10-20(4)11-9-16;1-7-14(5,6)9-8-10(11(16)17)15-12(18)19-13(2,3)4;1-10-4-2-7(9,6-8)3-5-10;;/h17H,5-15H2,1-4H3,(H,23,28)(H,24,27);16H,8-14H2,1-7H3,(H,23,27)(H,24,26);13H,5-11,18H2,1-4H3,(H,19,21);10H,7-9H2,1-6H3,(H,15,18)(H,16,17);2-5,9H2,1H3;1H4;1H/t17-;16-;13-;10-;;;/m0000.../s1. The molecule has 628 valence electrons. The zero-order valence-electron chi connectivity index (χ0n) is 70.6. The number of nitrogens with zero attached hydrogens (tertiary/aromatic N) is 9. The number of amides is 7. The SMILES string of the molecule is C.CCC(C)(C)CC[C@H](N)C(=O)NC1(C#N)CCN(C)CC1.CCC(C)(C)CC[C@H](NC(=O)N1CCOCC1)C(=O)NC1(C#N)CCN(C)CC1.CCC(C)(C)CC[C@H](NC(=O)OC(C)(C)C)C(=O)NC1(C#N)CCN(C)CC1.CCC(C)(C)CC[C@H](NC(=O)OC(C)(C)C)C(=O)O.CN1CCC(N)(C#N)CC1.Cl. The first-order chi connectivity index (χ1) is 49.4. The molecule has 11 N–H and O–H groups in total. The van der Waals surface area contributed by atoms with Crippen LogP contribution in [0.2, 0.25) is 0 Å². The van der Waals surface area contributed by atoms with Crippen LogP contribution in [0.15, 0.2) is 0 Å². The zero-order valence-corrected chi connectivity index (χ0v) is 71.4. The van der Waals surface area contributed by atoms with Crippen molar-refractivity contribution in [2.24, 2.45) is 33.1 Å². The van der Waals surface area contributed by atoms with Gasteiger partial charge in [-0.2, -0.15) is 21.0 Å². The molecule has 0 aromatic heterocycles. The van der Waals surface area contributed by atoms with Gasteiger partial charge in [0.25, 0.3) is 0 Å². The number of aliphatic carboxylic acids is 1. The van der Waals surface area contributed by atoms with Crippen LogP contribution in [0.5, 0.6) is 0 Å². The number of carbonyl (C=O) groups excluding carboxylic acids is 6. The maximum absolute atomic E-state index is 13.1. The molecule has 0 aliphatic carbocycles. The number of alkyl carbamates (subject to hydrolysis) is 2. The van der Waals surface area contributed by atoms with E-state index in [0.29, 0.717) is 90.5 Å². The molecule has 4 atom stereocenters. The molecule has 0 aromatic carbocycles. The summed E-state index contributed by atoms with van der Waals surface area (Å²) in [6.45, 7) is 44.8. The van der Waals surface area contributed by atoms with Crippen LogP contribution in [-0.2, 0) is 33.4 Å². The molecule has 7 amide bonds. The molecule has 5 fully saturated rings. The Labute approximate surface area is 663 Å². The summed E-state index contributed by atoms with van der Waals surface area (Å²) in [6, 6.07) is 6.02. The quantitative estimate of drug-likeness (QED) is 0.0388. The van der Waals surface area contributed by atoms with Crippen molar-refractivity contribution in [2.75, 3.05) is 107 Å². The Balaban J connectivity index is 0. The normalized spacial score (nSPS) is 19.1. The van der Waals surface area contributed by atoms with E-state index < -0.39 is 75.7 Å². The molecule has 5 heterocycles. The Morgan fingerprint density at radius 2 is 0.725 bits per heavy atom. The minimum absolute atomic E-state index is 0. The first-order valence-corrected chi connectivity index (χ1v) is 39.1. The second-order valence-corrected chi connectivity index (χ2v) is 35.7. The number of nitrogens with one attached hydrogen (secondary N) is 6. The minimum atomic E-state index is -1.03. The molecule has 5 saturated heterocycles. The second-order valence-electron chi connectivity index (χ2n) is 35.7. The van der Waals surface area contributed by atoms with E-state index in [2.05, 4.69) is 166 Å². The van der Waals surface area contributed by atoms with Crippen LogP contribution in [-0.4, -0.2) is 236 Å². The number of hydrogen-bond donors (Lipinski definition) is 9. The van der Waals surface area contributed by atoms with E-state index in [4.69, 9.17) is 36.0 Å². The van der Waals surface area contributed by atoms with E-state index in [9.17, 15) is 49.3 Å². The Morgan fingerprint density at radius 1 is 0.450 bits per heavy atom. The average molecular weight is 1560 g/mol. The predicted octanol–water partition coefficient (Wildman–Crippen LogP) is 10.7. The maximum atomic E-state index is 13.1. The molecule has 5 rings (SSSR count). The number of nitriles is 4. The number of rotatable bonds is 26. The average Bonchev–Trinajstić information content (AvgIpc) is 0.836. The Morgan fingerprint density at radius 3 is 1.01 bits per heavy atom. The summed E-state index contributed by atoms with van der Waals surface area (Å²) in [5, 5.41) is 63.5. The van der Waals surface area contributed by atoms with Crippen molar-refractivity contribution in [1.82, 2.24) is 56.4 Å². The summed E-state index contributed by atoms with van der Waals surface area (Å²) in [7, 11) is 8.10. The fraction of sp³-hybridized carbons (Fsp3) is 0.863. The number of piperidine rings is 4. The largest absolute Gasteiger partial charge is 0.480 e. The van der Waals surface area contributed by atoms with Gasteiger partial charge in [0.05, 0.1) is 43.5 Å². The highest BCUT2D eigenvalue weighted by molar-refractivity contribution is 5.88. The molecule has 5 aliphatic heterocycles. The Bertz CT molecular complexity index is 2930. The third-order valence-electron chi connectivity index (χ3n) is 21.9. The summed E-state index contributed by atoms with van der Waals surface area (Å²) < 4.78 is 15.7.